The summed E-state index contributed by atoms with van der Waals surface area (Å²) in [5.74, 6) is -0.294. The summed E-state index contributed by atoms with van der Waals surface area (Å²) in [6, 6.07) is 18.5. The minimum atomic E-state index is -0.294. The summed E-state index contributed by atoms with van der Waals surface area (Å²) >= 11 is 5.94. The Balaban J connectivity index is 1.52. The van der Waals surface area contributed by atoms with E-state index in [0.29, 0.717) is 10.6 Å². The molecule has 0 fully saturated rings. The summed E-state index contributed by atoms with van der Waals surface area (Å²) in [5.41, 5.74) is 6.36. The van der Waals surface area contributed by atoms with Crippen molar-refractivity contribution in [1.29, 1.82) is 0 Å². The minimum Gasteiger partial charge on any atom is -0.323 e. The largest absolute Gasteiger partial charge is 0.323 e. The van der Waals surface area contributed by atoms with Gasteiger partial charge in [0.15, 0.2) is 0 Å². The van der Waals surface area contributed by atoms with Crippen molar-refractivity contribution in [3.8, 4) is 16.9 Å². The third kappa shape index (κ3) is 3.72. The van der Waals surface area contributed by atoms with Gasteiger partial charge >= 0.3 is 0 Å². The zero-order valence-electron chi connectivity index (χ0n) is 14.7. The van der Waals surface area contributed by atoms with Gasteiger partial charge in [-0.15, -0.1) is 0 Å². The monoisotopic (exact) mass is 389 g/mol. The predicted octanol–water partition coefficient (Wildman–Crippen LogP) is 4.28. The molecule has 0 saturated heterocycles. The van der Waals surface area contributed by atoms with Crippen molar-refractivity contribution in [2.45, 2.75) is 0 Å². The quantitative estimate of drug-likeness (QED) is 0.394. The molecule has 0 unspecified atom stereocenters. The molecule has 6 nitrogen and oxygen atoms in total. The highest BCUT2D eigenvalue weighted by atomic mass is 35.5. The van der Waals surface area contributed by atoms with Crippen LogP contribution >= 0.6 is 11.6 Å². The third-order valence-electron chi connectivity index (χ3n) is 4.20. The highest BCUT2D eigenvalue weighted by Crippen LogP contribution is 2.22. The second kappa shape index (κ2) is 7.94. The van der Waals surface area contributed by atoms with Crippen LogP contribution in [0.25, 0.3) is 16.9 Å². The molecule has 138 valence electrons. The number of halogens is 1. The number of H-pyrrole nitrogens is 1. The summed E-state index contributed by atoms with van der Waals surface area (Å²) in [6.07, 6.45) is 6.98. The Hall–Kier alpha value is -3.64. The first kappa shape index (κ1) is 17.8. The fraction of sp³-hybridized carbons (Fsp3) is 0. The lowest BCUT2D eigenvalue weighted by Crippen LogP contribution is -2.19. The Morgan fingerprint density at radius 2 is 1.82 bits per heavy atom. The van der Waals surface area contributed by atoms with Crippen LogP contribution in [0.3, 0.4) is 0 Å². The first-order chi connectivity index (χ1) is 13.7. The maximum Gasteiger partial charge on any atom is 0.273 e. The molecule has 7 heteroatoms. The van der Waals surface area contributed by atoms with Crippen molar-refractivity contribution < 1.29 is 4.79 Å². The molecular weight excluding hydrogens is 374 g/mol. The zero-order chi connectivity index (χ0) is 19.3. The van der Waals surface area contributed by atoms with Crippen LogP contribution in [0.4, 0.5) is 0 Å². The number of hydrazone groups is 1. The maximum absolute atomic E-state index is 12.6. The van der Waals surface area contributed by atoms with E-state index in [0.717, 1.165) is 22.5 Å². The summed E-state index contributed by atoms with van der Waals surface area (Å²) in [5, 5.41) is 11.8. The van der Waals surface area contributed by atoms with Crippen molar-refractivity contribution in [1.82, 2.24) is 20.2 Å². The van der Waals surface area contributed by atoms with Crippen LogP contribution in [0.5, 0.6) is 0 Å². The van der Waals surface area contributed by atoms with E-state index in [4.69, 9.17) is 11.6 Å². The van der Waals surface area contributed by atoms with Crippen molar-refractivity contribution in [2.75, 3.05) is 0 Å². The molecule has 2 N–H and O–H groups in total. The molecule has 0 atom stereocenters. The number of nitrogens with zero attached hydrogens (tertiary/aromatic N) is 3. The van der Waals surface area contributed by atoms with Crippen LogP contribution in [0.2, 0.25) is 5.02 Å². The van der Waals surface area contributed by atoms with E-state index in [1.54, 1.807) is 30.6 Å². The van der Waals surface area contributed by atoms with Gasteiger partial charge in [0.25, 0.3) is 5.91 Å². The molecule has 0 spiro atoms. The Morgan fingerprint density at radius 1 is 1.07 bits per heavy atom. The van der Waals surface area contributed by atoms with Gasteiger partial charge in [-0.05, 0) is 36.4 Å². The number of para-hydroxylation sites is 1. The lowest BCUT2D eigenvalue weighted by atomic mass is 10.1. The number of aromatic nitrogens is 3. The zero-order valence-corrected chi connectivity index (χ0v) is 15.5. The number of amides is 1. The van der Waals surface area contributed by atoms with Gasteiger partial charge in [0, 0.05) is 28.5 Å². The van der Waals surface area contributed by atoms with Crippen molar-refractivity contribution in [3.63, 3.8) is 0 Å². The third-order valence-corrected chi connectivity index (χ3v) is 4.45. The van der Waals surface area contributed by atoms with Crippen LogP contribution in [0.1, 0.15) is 15.9 Å². The van der Waals surface area contributed by atoms with Crippen LogP contribution in [-0.4, -0.2) is 26.9 Å². The highest BCUT2D eigenvalue weighted by Gasteiger charge is 2.11. The minimum absolute atomic E-state index is 0.294. The standard InChI is InChI=1S/C21H16ClN5O/c22-17-9-7-15(8-10-17)20-16(13-23-25-20)14-24-26-21(28)18-5-1-2-6-19(18)27-11-3-4-12-27/h1-14H,(H,23,25)(H,26,28)/b24-14+. The molecule has 0 aliphatic rings. The summed E-state index contributed by atoms with van der Waals surface area (Å²) in [6.45, 7) is 0. The van der Waals surface area contributed by atoms with Gasteiger partial charge in [-0.2, -0.15) is 10.2 Å². The summed E-state index contributed by atoms with van der Waals surface area (Å²) in [7, 11) is 0. The van der Waals surface area contributed by atoms with E-state index in [9.17, 15) is 4.79 Å². The smallest absolute Gasteiger partial charge is 0.273 e. The molecule has 0 radical (unpaired) electrons. The second-order valence-electron chi connectivity index (χ2n) is 6.01. The van der Waals surface area contributed by atoms with Crippen LogP contribution in [0.15, 0.2) is 84.4 Å². The molecule has 4 rings (SSSR count). The van der Waals surface area contributed by atoms with Gasteiger partial charge in [0.1, 0.15) is 0 Å². The highest BCUT2D eigenvalue weighted by molar-refractivity contribution is 6.30. The molecule has 2 aromatic heterocycles. The van der Waals surface area contributed by atoms with Crippen molar-refractivity contribution in [2.24, 2.45) is 5.10 Å². The van der Waals surface area contributed by atoms with Crippen LogP contribution < -0.4 is 5.43 Å². The lowest BCUT2D eigenvalue weighted by Gasteiger charge is -2.09. The Kier molecular flexibility index (Phi) is 5.03. The van der Waals surface area contributed by atoms with Gasteiger partial charge in [-0.25, -0.2) is 5.43 Å². The molecule has 0 aliphatic heterocycles. The van der Waals surface area contributed by atoms with Gasteiger partial charge in [0.05, 0.1) is 29.4 Å². The van der Waals surface area contributed by atoms with Crippen molar-refractivity contribution in [3.05, 3.63) is 95.4 Å². The number of rotatable bonds is 5. The first-order valence-electron chi connectivity index (χ1n) is 8.57. The molecular formula is C21H16ClN5O. The number of benzene rings is 2. The fourth-order valence-corrected chi connectivity index (χ4v) is 2.97. The van der Waals surface area contributed by atoms with E-state index < -0.39 is 0 Å². The van der Waals surface area contributed by atoms with E-state index in [1.165, 1.54) is 0 Å². The number of hydrogen-bond acceptors (Lipinski definition) is 3. The molecule has 2 heterocycles. The maximum atomic E-state index is 12.6. The number of carbonyl (C=O) groups is 1. The van der Waals surface area contributed by atoms with Gasteiger partial charge in [-0.3, -0.25) is 9.89 Å². The topological polar surface area (TPSA) is 75.1 Å². The first-order valence-corrected chi connectivity index (χ1v) is 8.95. The normalized spacial score (nSPS) is 11.0. The second-order valence-corrected chi connectivity index (χ2v) is 6.45. The summed E-state index contributed by atoms with van der Waals surface area (Å²) < 4.78 is 1.88. The molecule has 4 aromatic rings. The molecule has 1 amide bonds. The Bertz CT molecular complexity index is 1110. The average Bonchev–Trinajstić information content (AvgIpc) is 3.41. The molecule has 0 bridgehead atoms. The Morgan fingerprint density at radius 3 is 2.61 bits per heavy atom. The molecule has 2 aromatic carbocycles. The Labute approximate surface area is 166 Å². The van der Waals surface area contributed by atoms with E-state index >= 15 is 0 Å². The van der Waals surface area contributed by atoms with E-state index in [2.05, 4.69) is 20.7 Å². The number of hydrogen-bond donors (Lipinski definition) is 2. The number of carbonyl (C=O) groups excluding carboxylic acids is 1. The van der Waals surface area contributed by atoms with E-state index in [1.807, 2.05) is 59.4 Å². The predicted molar refractivity (Wildman–Crippen MR) is 110 cm³/mol. The van der Waals surface area contributed by atoms with Gasteiger partial charge in [0.2, 0.25) is 0 Å². The van der Waals surface area contributed by atoms with Gasteiger partial charge in [-0.1, -0.05) is 35.9 Å². The van der Waals surface area contributed by atoms with Gasteiger partial charge < -0.3 is 4.57 Å². The SMILES string of the molecule is O=C(N/N=C/c1cn[nH]c1-c1ccc(Cl)cc1)c1ccccc1-n1cccc1. The van der Waals surface area contributed by atoms with Crippen LogP contribution in [-0.2, 0) is 0 Å². The number of aromatic amines is 1. The molecule has 28 heavy (non-hydrogen) atoms. The molecule has 0 saturated carbocycles. The summed E-state index contributed by atoms with van der Waals surface area (Å²) in [4.78, 5) is 12.6. The molecule has 0 aliphatic carbocycles. The van der Waals surface area contributed by atoms with E-state index in [-0.39, 0.29) is 5.91 Å². The number of nitrogens with one attached hydrogen (secondary N) is 2. The average molecular weight is 390 g/mol. The fourth-order valence-electron chi connectivity index (χ4n) is 2.85. The van der Waals surface area contributed by atoms with Crippen LogP contribution in [0, 0.1) is 0 Å². The van der Waals surface area contributed by atoms with Crippen molar-refractivity contribution >= 4 is 23.7 Å². The lowest BCUT2D eigenvalue weighted by molar-refractivity contribution is 0.0955.